The Balaban J connectivity index is 2.16. The summed E-state index contributed by atoms with van der Waals surface area (Å²) in [5.41, 5.74) is 7.17. The number of carbonyl (C=O) groups is 2. The lowest BCUT2D eigenvalue weighted by Crippen LogP contribution is -2.53. The zero-order valence-electron chi connectivity index (χ0n) is 11.8. The summed E-state index contributed by atoms with van der Waals surface area (Å²) >= 11 is 0. The van der Waals surface area contributed by atoms with Gasteiger partial charge in [-0.15, -0.1) is 0 Å². The number of benzene rings is 1. The number of anilines is 1. The van der Waals surface area contributed by atoms with E-state index in [0.29, 0.717) is 24.5 Å². The molecule has 1 fully saturated rings. The average molecular weight is 277 g/mol. The molecule has 6 heteroatoms. The maximum atomic E-state index is 12.1. The van der Waals surface area contributed by atoms with Gasteiger partial charge < -0.3 is 20.3 Å². The third kappa shape index (κ3) is 2.84. The second-order valence-electron chi connectivity index (χ2n) is 4.73. The molecule has 0 radical (unpaired) electrons. The van der Waals surface area contributed by atoms with Crippen LogP contribution in [-0.4, -0.2) is 48.4 Å². The van der Waals surface area contributed by atoms with E-state index in [4.69, 9.17) is 10.5 Å². The third-order valence-corrected chi connectivity index (χ3v) is 3.41. The summed E-state index contributed by atoms with van der Waals surface area (Å²) in [4.78, 5) is 27.0. The first-order valence-corrected chi connectivity index (χ1v) is 6.53. The van der Waals surface area contributed by atoms with E-state index in [-0.39, 0.29) is 24.9 Å². The lowest BCUT2D eigenvalue weighted by molar-refractivity contribution is -0.150. The van der Waals surface area contributed by atoms with Crippen molar-refractivity contribution in [3.8, 4) is 5.75 Å². The monoisotopic (exact) mass is 277 g/mol. The van der Waals surface area contributed by atoms with Crippen molar-refractivity contribution in [1.82, 2.24) is 9.80 Å². The van der Waals surface area contributed by atoms with Crippen molar-refractivity contribution in [2.75, 3.05) is 32.5 Å². The van der Waals surface area contributed by atoms with Crippen LogP contribution < -0.4 is 10.5 Å². The topological polar surface area (TPSA) is 75.9 Å². The van der Waals surface area contributed by atoms with Crippen molar-refractivity contribution in [2.45, 2.75) is 13.5 Å². The number of nitrogens with two attached hydrogens (primary N) is 1. The molecule has 0 unspecified atom stereocenters. The number of ether oxygens (including phenoxy) is 1. The summed E-state index contributed by atoms with van der Waals surface area (Å²) in [6.45, 7) is 2.99. The molecule has 6 nitrogen and oxygen atoms in total. The molecule has 0 bridgehead atoms. The molecular formula is C14H19N3O3. The molecule has 1 aliphatic heterocycles. The molecule has 1 aliphatic rings. The predicted octanol–water partition coefficient (Wildman–Crippen LogP) is 0.468. The van der Waals surface area contributed by atoms with Gasteiger partial charge >= 0.3 is 0 Å². The predicted molar refractivity (Wildman–Crippen MR) is 75.1 cm³/mol. The molecule has 0 atom stereocenters. The molecule has 20 heavy (non-hydrogen) atoms. The molecule has 0 aromatic heterocycles. The second-order valence-corrected chi connectivity index (χ2v) is 4.73. The van der Waals surface area contributed by atoms with Gasteiger partial charge in [0.25, 0.3) is 0 Å². The Bertz CT molecular complexity index is 530. The molecule has 1 heterocycles. The molecular weight excluding hydrogens is 258 g/mol. The minimum Gasteiger partial charge on any atom is -0.496 e. The van der Waals surface area contributed by atoms with Crippen LogP contribution in [-0.2, 0) is 16.1 Å². The Labute approximate surface area is 118 Å². The summed E-state index contributed by atoms with van der Waals surface area (Å²) < 4.78 is 5.26. The zero-order valence-corrected chi connectivity index (χ0v) is 11.8. The smallest absolute Gasteiger partial charge is 0.242 e. The van der Waals surface area contributed by atoms with E-state index in [0.717, 1.165) is 5.56 Å². The largest absolute Gasteiger partial charge is 0.496 e. The van der Waals surface area contributed by atoms with Gasteiger partial charge in [0.05, 0.1) is 13.7 Å². The fourth-order valence-electron chi connectivity index (χ4n) is 2.26. The van der Waals surface area contributed by atoms with E-state index in [9.17, 15) is 9.59 Å². The standard InChI is InChI=1S/C14H19N3O3/c1-3-16-8-14(19)17(9-13(16)18)7-10-6-11(15)4-5-12(10)20-2/h4-6H,3,7-9,15H2,1-2H3. The van der Waals surface area contributed by atoms with Gasteiger partial charge in [-0.1, -0.05) is 0 Å². The molecule has 2 N–H and O–H groups in total. The van der Waals surface area contributed by atoms with Gasteiger partial charge in [0.15, 0.2) is 0 Å². The first-order chi connectivity index (χ1) is 9.55. The summed E-state index contributed by atoms with van der Waals surface area (Å²) in [5.74, 6) is 0.572. The average Bonchev–Trinajstić information content (AvgIpc) is 2.42. The minimum absolute atomic E-state index is 0.0324. The van der Waals surface area contributed by atoms with Gasteiger partial charge in [-0.3, -0.25) is 9.59 Å². The summed E-state index contributed by atoms with van der Waals surface area (Å²) in [6.07, 6.45) is 0. The van der Waals surface area contributed by atoms with Crippen LogP contribution in [0, 0.1) is 0 Å². The molecule has 1 aromatic carbocycles. The van der Waals surface area contributed by atoms with Crippen LogP contribution >= 0.6 is 0 Å². The number of amides is 2. The molecule has 0 saturated carbocycles. The van der Waals surface area contributed by atoms with Crippen LogP contribution in [0.15, 0.2) is 18.2 Å². The van der Waals surface area contributed by atoms with Crippen LogP contribution in [0.5, 0.6) is 5.75 Å². The number of carbonyl (C=O) groups excluding carboxylic acids is 2. The van der Waals surface area contributed by atoms with Crippen molar-refractivity contribution in [1.29, 1.82) is 0 Å². The van der Waals surface area contributed by atoms with E-state index in [2.05, 4.69) is 0 Å². The Morgan fingerprint density at radius 1 is 1.20 bits per heavy atom. The van der Waals surface area contributed by atoms with Crippen LogP contribution in [0.4, 0.5) is 5.69 Å². The first-order valence-electron chi connectivity index (χ1n) is 6.53. The number of piperazine rings is 1. The van der Waals surface area contributed by atoms with Gasteiger partial charge in [0.1, 0.15) is 12.3 Å². The van der Waals surface area contributed by atoms with E-state index in [1.54, 1.807) is 30.2 Å². The summed E-state index contributed by atoms with van der Waals surface area (Å²) in [6, 6.07) is 5.27. The highest BCUT2D eigenvalue weighted by Gasteiger charge is 2.29. The van der Waals surface area contributed by atoms with Gasteiger partial charge in [-0.2, -0.15) is 0 Å². The normalized spacial score (nSPS) is 15.7. The maximum absolute atomic E-state index is 12.1. The van der Waals surface area contributed by atoms with Crippen molar-refractivity contribution in [3.63, 3.8) is 0 Å². The SMILES string of the molecule is CCN1CC(=O)N(Cc2cc(N)ccc2OC)CC1=O. The number of methoxy groups -OCH3 is 1. The second kappa shape index (κ2) is 5.81. The van der Waals surface area contributed by atoms with E-state index in [1.807, 2.05) is 6.92 Å². The number of rotatable bonds is 4. The van der Waals surface area contributed by atoms with Gasteiger partial charge in [-0.25, -0.2) is 0 Å². The molecule has 1 aromatic rings. The number of nitrogen functional groups attached to an aromatic ring is 1. The maximum Gasteiger partial charge on any atom is 0.242 e. The fraction of sp³-hybridized carbons (Fsp3) is 0.429. The first kappa shape index (κ1) is 14.2. The highest BCUT2D eigenvalue weighted by Crippen LogP contribution is 2.23. The van der Waals surface area contributed by atoms with Gasteiger partial charge in [0.2, 0.25) is 11.8 Å². The lowest BCUT2D eigenvalue weighted by atomic mass is 10.1. The van der Waals surface area contributed by atoms with Crippen molar-refractivity contribution in [2.24, 2.45) is 0 Å². The zero-order chi connectivity index (χ0) is 14.7. The van der Waals surface area contributed by atoms with Gasteiger partial charge in [-0.05, 0) is 25.1 Å². The van der Waals surface area contributed by atoms with E-state index < -0.39 is 0 Å². The van der Waals surface area contributed by atoms with Crippen LogP contribution in [0.2, 0.25) is 0 Å². The fourth-order valence-corrected chi connectivity index (χ4v) is 2.26. The Morgan fingerprint density at radius 3 is 2.50 bits per heavy atom. The number of likely N-dealkylation sites (N-methyl/N-ethyl adjacent to an activating group) is 1. The molecule has 2 rings (SSSR count). The number of hydrogen-bond donors (Lipinski definition) is 1. The third-order valence-electron chi connectivity index (χ3n) is 3.41. The molecule has 0 aliphatic carbocycles. The highest BCUT2D eigenvalue weighted by atomic mass is 16.5. The molecule has 1 saturated heterocycles. The van der Waals surface area contributed by atoms with E-state index in [1.165, 1.54) is 4.90 Å². The Morgan fingerprint density at radius 2 is 1.85 bits per heavy atom. The summed E-state index contributed by atoms with van der Waals surface area (Å²) in [7, 11) is 1.57. The number of hydrogen-bond acceptors (Lipinski definition) is 4. The van der Waals surface area contributed by atoms with Crippen LogP contribution in [0.1, 0.15) is 12.5 Å². The molecule has 2 amide bonds. The lowest BCUT2D eigenvalue weighted by Gasteiger charge is -2.33. The molecule has 0 spiro atoms. The van der Waals surface area contributed by atoms with Crippen molar-refractivity contribution in [3.05, 3.63) is 23.8 Å². The quantitative estimate of drug-likeness (QED) is 0.812. The Hall–Kier alpha value is -2.24. The number of nitrogens with zero attached hydrogens (tertiary/aromatic N) is 2. The van der Waals surface area contributed by atoms with Crippen LogP contribution in [0.25, 0.3) is 0 Å². The minimum atomic E-state index is -0.0593. The Kier molecular flexibility index (Phi) is 4.12. The van der Waals surface area contributed by atoms with Crippen molar-refractivity contribution >= 4 is 17.5 Å². The van der Waals surface area contributed by atoms with Crippen molar-refractivity contribution < 1.29 is 14.3 Å². The van der Waals surface area contributed by atoms with Gasteiger partial charge in [0, 0.05) is 24.3 Å². The van der Waals surface area contributed by atoms with Crippen LogP contribution in [0.3, 0.4) is 0 Å². The van der Waals surface area contributed by atoms with E-state index >= 15 is 0 Å². The highest BCUT2D eigenvalue weighted by molar-refractivity contribution is 5.92. The summed E-state index contributed by atoms with van der Waals surface area (Å²) in [5, 5.41) is 0. The molecule has 108 valence electrons.